The maximum atomic E-state index is 5.48. The maximum Gasteiger partial charge on any atom is 0.240 e. The third kappa shape index (κ3) is 1.93. The van der Waals surface area contributed by atoms with Gasteiger partial charge < -0.3 is 10.5 Å². The Morgan fingerprint density at radius 3 is 3.18 bits per heavy atom. The summed E-state index contributed by atoms with van der Waals surface area (Å²) in [5.41, 5.74) is 5.92. The zero-order valence-electron chi connectivity index (χ0n) is 6.03. The number of nitrogen functional groups attached to an aromatic ring is 1. The lowest BCUT2D eigenvalue weighted by Crippen LogP contribution is -2.00. The monoisotopic (exact) mass is 151 g/mol. The fourth-order valence-corrected chi connectivity index (χ4v) is 0.588. The third-order valence-electron chi connectivity index (χ3n) is 1.04. The Morgan fingerprint density at radius 1 is 1.73 bits per heavy atom. The van der Waals surface area contributed by atoms with Gasteiger partial charge in [-0.3, -0.25) is 0 Å². The van der Waals surface area contributed by atoms with Crippen molar-refractivity contribution in [1.82, 2.24) is 9.97 Å². The fourth-order valence-electron chi connectivity index (χ4n) is 0.588. The number of hydrogen-bond donors (Lipinski definition) is 1. The molecule has 0 atom stereocenters. The molecule has 0 aliphatic heterocycles. The second kappa shape index (κ2) is 3.55. The van der Waals surface area contributed by atoms with E-state index in [1.54, 1.807) is 6.08 Å². The van der Waals surface area contributed by atoms with Gasteiger partial charge in [0.1, 0.15) is 18.6 Å². The van der Waals surface area contributed by atoms with Crippen LogP contribution in [-0.4, -0.2) is 16.6 Å². The Labute approximate surface area is 64.7 Å². The Hall–Kier alpha value is -1.58. The summed E-state index contributed by atoms with van der Waals surface area (Å²) in [6.45, 7) is 3.90. The van der Waals surface area contributed by atoms with Crippen LogP contribution < -0.4 is 10.5 Å². The van der Waals surface area contributed by atoms with Crippen molar-refractivity contribution in [2.75, 3.05) is 12.3 Å². The summed E-state index contributed by atoms with van der Waals surface area (Å²) in [4.78, 5) is 7.52. The van der Waals surface area contributed by atoms with Gasteiger partial charge in [0.05, 0.1) is 6.20 Å². The molecule has 1 rings (SSSR count). The predicted octanol–water partition coefficient (Wildman–Crippen LogP) is 0.624. The second-order valence-corrected chi connectivity index (χ2v) is 1.88. The normalized spacial score (nSPS) is 9.09. The van der Waals surface area contributed by atoms with Gasteiger partial charge in [0.2, 0.25) is 5.88 Å². The van der Waals surface area contributed by atoms with E-state index in [0.717, 1.165) is 0 Å². The number of aromatic nitrogens is 2. The van der Waals surface area contributed by atoms with Gasteiger partial charge in [-0.05, 0) is 0 Å². The molecule has 0 unspecified atom stereocenters. The van der Waals surface area contributed by atoms with Gasteiger partial charge in [-0.15, -0.1) is 0 Å². The van der Waals surface area contributed by atoms with Gasteiger partial charge in [0.15, 0.2) is 0 Å². The molecule has 0 aliphatic carbocycles. The van der Waals surface area contributed by atoms with Gasteiger partial charge in [-0.2, -0.15) is 4.98 Å². The van der Waals surface area contributed by atoms with E-state index in [4.69, 9.17) is 10.5 Å². The number of nitrogens with zero attached hydrogens (tertiary/aromatic N) is 2. The molecule has 1 aromatic heterocycles. The smallest absolute Gasteiger partial charge is 0.240 e. The highest BCUT2D eigenvalue weighted by atomic mass is 16.5. The zero-order valence-corrected chi connectivity index (χ0v) is 6.03. The lowest BCUT2D eigenvalue weighted by atomic mass is 10.5. The Morgan fingerprint density at radius 2 is 2.55 bits per heavy atom. The first-order valence-electron chi connectivity index (χ1n) is 3.13. The average Bonchev–Trinajstić information content (AvgIpc) is 2.03. The molecule has 1 aromatic rings. The van der Waals surface area contributed by atoms with Crippen LogP contribution in [0, 0.1) is 0 Å². The van der Waals surface area contributed by atoms with Crippen molar-refractivity contribution in [1.29, 1.82) is 0 Å². The standard InChI is InChI=1S/C7H9N3O/c1-2-3-11-7-6(8)4-9-5-10-7/h2,4-5H,1,3,8H2. The van der Waals surface area contributed by atoms with E-state index in [0.29, 0.717) is 18.2 Å². The van der Waals surface area contributed by atoms with Gasteiger partial charge in [-0.25, -0.2) is 4.98 Å². The van der Waals surface area contributed by atoms with E-state index < -0.39 is 0 Å². The largest absolute Gasteiger partial charge is 0.472 e. The predicted molar refractivity (Wildman–Crippen MR) is 42.1 cm³/mol. The minimum Gasteiger partial charge on any atom is -0.472 e. The lowest BCUT2D eigenvalue weighted by Gasteiger charge is -2.02. The van der Waals surface area contributed by atoms with E-state index in [1.807, 2.05) is 0 Å². The molecule has 0 aliphatic rings. The Kier molecular flexibility index (Phi) is 2.43. The minimum absolute atomic E-state index is 0.403. The lowest BCUT2D eigenvalue weighted by molar-refractivity contribution is 0.350. The average molecular weight is 151 g/mol. The highest BCUT2D eigenvalue weighted by Crippen LogP contribution is 2.13. The van der Waals surface area contributed by atoms with Crippen LogP contribution in [0.4, 0.5) is 5.69 Å². The number of ether oxygens (including phenoxy) is 1. The molecular weight excluding hydrogens is 142 g/mol. The van der Waals surface area contributed by atoms with Crippen LogP contribution in [-0.2, 0) is 0 Å². The molecule has 0 bridgehead atoms. The molecule has 1 heterocycles. The Bertz CT molecular complexity index is 249. The van der Waals surface area contributed by atoms with E-state index >= 15 is 0 Å². The summed E-state index contributed by atoms with van der Waals surface area (Å²) >= 11 is 0. The molecule has 2 N–H and O–H groups in total. The zero-order chi connectivity index (χ0) is 8.10. The van der Waals surface area contributed by atoms with Crippen LogP contribution in [0.1, 0.15) is 0 Å². The molecule has 0 spiro atoms. The van der Waals surface area contributed by atoms with Crippen LogP contribution in [0.2, 0.25) is 0 Å². The van der Waals surface area contributed by atoms with Crippen LogP contribution in [0.25, 0.3) is 0 Å². The molecular formula is C7H9N3O. The summed E-state index contributed by atoms with van der Waals surface area (Å²) in [6, 6.07) is 0. The number of rotatable bonds is 3. The first kappa shape index (κ1) is 7.53. The number of hydrogen-bond acceptors (Lipinski definition) is 4. The number of anilines is 1. The van der Waals surface area contributed by atoms with E-state index in [2.05, 4.69) is 16.5 Å². The van der Waals surface area contributed by atoms with Crippen molar-refractivity contribution in [2.24, 2.45) is 0 Å². The minimum atomic E-state index is 0.403. The summed E-state index contributed by atoms with van der Waals surface area (Å²) in [5, 5.41) is 0. The molecule has 11 heavy (non-hydrogen) atoms. The van der Waals surface area contributed by atoms with Crippen molar-refractivity contribution in [3.05, 3.63) is 25.2 Å². The third-order valence-corrected chi connectivity index (χ3v) is 1.04. The Balaban J connectivity index is 2.69. The summed E-state index contributed by atoms with van der Waals surface area (Å²) in [6.07, 6.45) is 4.50. The van der Waals surface area contributed by atoms with Crippen molar-refractivity contribution in [2.45, 2.75) is 0 Å². The molecule has 0 saturated heterocycles. The van der Waals surface area contributed by atoms with Crippen molar-refractivity contribution in [3.8, 4) is 5.88 Å². The molecule has 4 heteroatoms. The first-order chi connectivity index (χ1) is 5.34. The van der Waals surface area contributed by atoms with Crippen LogP contribution in [0.15, 0.2) is 25.2 Å². The van der Waals surface area contributed by atoms with Crippen molar-refractivity contribution < 1.29 is 4.74 Å². The number of nitrogens with two attached hydrogens (primary N) is 1. The summed E-state index contributed by atoms with van der Waals surface area (Å²) in [5.74, 6) is 0.403. The quantitative estimate of drug-likeness (QED) is 0.643. The molecule has 4 nitrogen and oxygen atoms in total. The van der Waals surface area contributed by atoms with Crippen LogP contribution >= 0.6 is 0 Å². The molecule has 0 fully saturated rings. The highest BCUT2D eigenvalue weighted by Gasteiger charge is 1.97. The van der Waals surface area contributed by atoms with E-state index in [-0.39, 0.29) is 0 Å². The van der Waals surface area contributed by atoms with Crippen molar-refractivity contribution in [3.63, 3.8) is 0 Å². The summed E-state index contributed by atoms with van der Waals surface area (Å²) < 4.78 is 5.09. The second-order valence-electron chi connectivity index (χ2n) is 1.88. The SMILES string of the molecule is C=CCOc1ncncc1N. The molecule has 0 amide bonds. The van der Waals surface area contributed by atoms with Crippen molar-refractivity contribution >= 4 is 5.69 Å². The highest BCUT2D eigenvalue weighted by molar-refractivity contribution is 5.44. The molecule has 58 valence electrons. The van der Waals surface area contributed by atoms with Crippen LogP contribution in [0.5, 0.6) is 5.88 Å². The van der Waals surface area contributed by atoms with Gasteiger partial charge in [0.25, 0.3) is 0 Å². The van der Waals surface area contributed by atoms with Gasteiger partial charge in [0, 0.05) is 0 Å². The van der Waals surface area contributed by atoms with E-state index in [9.17, 15) is 0 Å². The van der Waals surface area contributed by atoms with Crippen LogP contribution in [0.3, 0.4) is 0 Å². The summed E-state index contributed by atoms with van der Waals surface area (Å²) in [7, 11) is 0. The van der Waals surface area contributed by atoms with E-state index in [1.165, 1.54) is 12.5 Å². The molecule has 0 aromatic carbocycles. The topological polar surface area (TPSA) is 61.0 Å². The molecule has 0 radical (unpaired) electrons. The maximum absolute atomic E-state index is 5.48. The van der Waals surface area contributed by atoms with Gasteiger partial charge in [-0.1, -0.05) is 12.7 Å². The first-order valence-corrected chi connectivity index (χ1v) is 3.13. The molecule has 0 saturated carbocycles. The fraction of sp³-hybridized carbons (Fsp3) is 0.143. The van der Waals surface area contributed by atoms with Gasteiger partial charge >= 0.3 is 0 Å².